The molecule has 0 radical (unpaired) electrons. The van der Waals surface area contributed by atoms with Crippen molar-refractivity contribution in [1.82, 2.24) is 15.4 Å². The molecule has 0 aromatic heterocycles. The van der Waals surface area contributed by atoms with Gasteiger partial charge in [0.15, 0.2) is 5.96 Å². The Hall–Kier alpha value is -1.01. The third-order valence-corrected chi connectivity index (χ3v) is 4.28. The highest BCUT2D eigenvalue weighted by Gasteiger charge is 2.18. The Morgan fingerprint density at radius 2 is 2.05 bits per heavy atom. The van der Waals surface area contributed by atoms with Crippen molar-refractivity contribution in [3.05, 3.63) is 29.8 Å². The lowest BCUT2D eigenvalue weighted by molar-refractivity contribution is 0.543. The van der Waals surface area contributed by atoms with E-state index in [1.165, 1.54) is 0 Å². The van der Waals surface area contributed by atoms with Crippen molar-refractivity contribution in [1.29, 1.82) is 0 Å². The zero-order chi connectivity index (χ0) is 15.3. The number of hydrogen-bond acceptors (Lipinski definition) is 5. The highest BCUT2D eigenvalue weighted by atomic mass is 127. The number of aliphatic imine (C=N–C) groups is 1. The molecule has 0 fully saturated rings. The lowest BCUT2D eigenvalue weighted by Crippen LogP contribution is -2.43. The van der Waals surface area contributed by atoms with E-state index < -0.39 is 26.6 Å². The first-order chi connectivity index (χ1) is 9.99. The Balaban J connectivity index is 0.00000242. The summed E-state index contributed by atoms with van der Waals surface area (Å²) in [6, 6.07) is 2.33. The summed E-state index contributed by atoms with van der Waals surface area (Å²) in [6.45, 7) is 1.90. The van der Waals surface area contributed by atoms with E-state index in [-0.39, 0.29) is 30.5 Å². The number of nitrogens with zero attached hydrogens (tertiary/aromatic N) is 1. The quantitative estimate of drug-likeness (QED) is 0.462. The Morgan fingerprint density at radius 3 is 2.68 bits per heavy atom. The van der Waals surface area contributed by atoms with Crippen LogP contribution in [0.5, 0.6) is 0 Å². The first-order valence-electron chi connectivity index (χ1n) is 6.46. The summed E-state index contributed by atoms with van der Waals surface area (Å²) in [5, 5.41) is 5.95. The van der Waals surface area contributed by atoms with Crippen LogP contribution in [0.3, 0.4) is 0 Å². The summed E-state index contributed by atoms with van der Waals surface area (Å²) in [5.74, 6) is -1.32. The molecule has 1 aromatic carbocycles. The lowest BCUT2D eigenvalue weighted by atomic mass is 10.3. The fourth-order valence-corrected chi connectivity index (χ4v) is 2.88. The van der Waals surface area contributed by atoms with Gasteiger partial charge >= 0.3 is 0 Å². The normalized spacial score (nSPS) is 14.5. The second-order valence-corrected chi connectivity index (χ2v) is 6.15. The highest BCUT2D eigenvalue weighted by Crippen LogP contribution is 2.14. The molecule has 3 N–H and O–H groups in total. The number of rotatable bonds is 5. The zero-order valence-electron chi connectivity index (χ0n) is 11.6. The van der Waals surface area contributed by atoms with E-state index >= 15 is 0 Å². The third kappa shape index (κ3) is 5.32. The Kier molecular flexibility index (Phi) is 7.42. The molecule has 124 valence electrons. The predicted molar refractivity (Wildman–Crippen MR) is 89.9 cm³/mol. The summed E-state index contributed by atoms with van der Waals surface area (Å²) >= 11 is 0. The van der Waals surface area contributed by atoms with E-state index in [9.17, 15) is 17.2 Å². The number of sulfonamides is 1. The fraction of sp³-hybridized carbons (Fsp3) is 0.417. The highest BCUT2D eigenvalue weighted by molar-refractivity contribution is 14.0. The van der Waals surface area contributed by atoms with Crippen LogP contribution in [-0.2, 0) is 10.0 Å². The molecule has 1 aromatic rings. The lowest BCUT2D eigenvalue weighted by Gasteiger charge is -2.16. The molecule has 1 aliphatic rings. The zero-order valence-corrected chi connectivity index (χ0v) is 14.8. The van der Waals surface area contributed by atoms with Gasteiger partial charge in [-0.3, -0.25) is 4.99 Å². The minimum Gasteiger partial charge on any atom is -0.356 e. The van der Waals surface area contributed by atoms with Crippen molar-refractivity contribution in [3.8, 4) is 0 Å². The molecule has 2 rings (SSSR count). The smallest absolute Gasteiger partial charge is 0.243 e. The molecular formula is C12H17F2IN4O2S. The second-order valence-electron chi connectivity index (χ2n) is 4.41. The summed E-state index contributed by atoms with van der Waals surface area (Å²) in [6.07, 6.45) is 0.960. The summed E-state index contributed by atoms with van der Waals surface area (Å²) in [7, 11) is -4.00. The van der Waals surface area contributed by atoms with Gasteiger partial charge < -0.3 is 10.6 Å². The molecule has 0 unspecified atom stereocenters. The van der Waals surface area contributed by atoms with E-state index in [0.717, 1.165) is 31.6 Å². The Bertz CT molecular complexity index is 640. The van der Waals surface area contributed by atoms with E-state index in [1.54, 1.807) is 0 Å². The van der Waals surface area contributed by atoms with Crippen LogP contribution in [0.1, 0.15) is 6.42 Å². The van der Waals surface area contributed by atoms with Gasteiger partial charge in [-0.15, -0.1) is 24.0 Å². The monoisotopic (exact) mass is 446 g/mol. The average molecular weight is 446 g/mol. The third-order valence-electron chi connectivity index (χ3n) is 2.79. The first kappa shape index (κ1) is 19.0. The minimum atomic E-state index is -4.00. The van der Waals surface area contributed by atoms with Gasteiger partial charge in [0, 0.05) is 32.2 Å². The molecule has 0 bridgehead atoms. The number of halogens is 3. The van der Waals surface area contributed by atoms with Gasteiger partial charge in [-0.2, -0.15) is 0 Å². The van der Waals surface area contributed by atoms with Crippen molar-refractivity contribution in [2.45, 2.75) is 11.3 Å². The first-order valence-corrected chi connectivity index (χ1v) is 7.94. The summed E-state index contributed by atoms with van der Waals surface area (Å²) in [4.78, 5) is 3.59. The van der Waals surface area contributed by atoms with Gasteiger partial charge in [0.1, 0.15) is 16.5 Å². The van der Waals surface area contributed by atoms with E-state index in [1.807, 2.05) is 0 Å². The average Bonchev–Trinajstić information content (AvgIpc) is 2.44. The van der Waals surface area contributed by atoms with Crippen LogP contribution in [0.4, 0.5) is 8.78 Å². The van der Waals surface area contributed by atoms with Gasteiger partial charge in [0.05, 0.1) is 0 Å². The standard InChI is InChI=1S/C12H16F2N4O2S.HI/c13-9-2-3-11(10(14)8-9)21(19,20)18-7-6-17-12-15-4-1-5-16-12;/h2-3,8,18H,1,4-7H2,(H2,15,16,17);1H. The molecule has 0 amide bonds. The van der Waals surface area contributed by atoms with Crippen molar-refractivity contribution < 1.29 is 17.2 Å². The summed E-state index contributed by atoms with van der Waals surface area (Å²) in [5.41, 5.74) is 0. The molecule has 1 aliphatic heterocycles. The summed E-state index contributed by atoms with van der Waals surface area (Å²) < 4.78 is 52.2. The van der Waals surface area contributed by atoms with E-state index in [2.05, 4.69) is 20.3 Å². The molecule has 0 spiro atoms. The van der Waals surface area contributed by atoms with Crippen LogP contribution >= 0.6 is 24.0 Å². The second kappa shape index (κ2) is 8.58. The minimum absolute atomic E-state index is 0. The van der Waals surface area contributed by atoms with Crippen molar-refractivity contribution in [2.24, 2.45) is 4.99 Å². The number of nitrogens with one attached hydrogen (secondary N) is 3. The topological polar surface area (TPSA) is 82.6 Å². The van der Waals surface area contributed by atoms with Crippen LogP contribution in [0.25, 0.3) is 0 Å². The molecule has 0 aliphatic carbocycles. The Morgan fingerprint density at radius 1 is 1.27 bits per heavy atom. The maximum atomic E-state index is 13.4. The number of benzene rings is 1. The fourth-order valence-electron chi connectivity index (χ4n) is 1.79. The van der Waals surface area contributed by atoms with Gasteiger partial charge in [0.25, 0.3) is 0 Å². The molecule has 10 heteroatoms. The number of hydrogen-bond donors (Lipinski definition) is 3. The molecule has 0 saturated heterocycles. The van der Waals surface area contributed by atoms with Gasteiger partial charge in [-0.05, 0) is 18.6 Å². The van der Waals surface area contributed by atoms with E-state index in [0.29, 0.717) is 18.6 Å². The molecule has 1 heterocycles. The predicted octanol–water partition coefficient (Wildman–Crippen LogP) is 0.800. The van der Waals surface area contributed by atoms with Crippen LogP contribution < -0.4 is 15.4 Å². The largest absolute Gasteiger partial charge is 0.356 e. The maximum absolute atomic E-state index is 13.4. The van der Waals surface area contributed by atoms with Crippen LogP contribution in [-0.4, -0.2) is 40.6 Å². The van der Waals surface area contributed by atoms with Gasteiger partial charge in [-0.1, -0.05) is 0 Å². The van der Waals surface area contributed by atoms with Crippen LogP contribution in [0, 0.1) is 11.6 Å². The van der Waals surface area contributed by atoms with Crippen molar-refractivity contribution in [2.75, 3.05) is 26.2 Å². The van der Waals surface area contributed by atoms with Gasteiger partial charge in [-0.25, -0.2) is 21.9 Å². The molecule has 0 saturated carbocycles. The maximum Gasteiger partial charge on any atom is 0.243 e. The van der Waals surface area contributed by atoms with Crippen LogP contribution in [0.15, 0.2) is 28.1 Å². The number of guanidine groups is 1. The van der Waals surface area contributed by atoms with Gasteiger partial charge in [0.2, 0.25) is 10.0 Å². The molecule has 22 heavy (non-hydrogen) atoms. The SMILES string of the molecule is I.O=S(=O)(NCCNC1=NCCCN1)c1ccc(F)cc1F. The molecule has 0 atom stereocenters. The van der Waals surface area contributed by atoms with E-state index in [4.69, 9.17) is 0 Å². The van der Waals surface area contributed by atoms with Crippen LogP contribution in [0.2, 0.25) is 0 Å². The Labute approximate surface area is 144 Å². The molecule has 6 nitrogen and oxygen atoms in total. The van der Waals surface area contributed by atoms with Crippen molar-refractivity contribution in [3.63, 3.8) is 0 Å². The van der Waals surface area contributed by atoms with Crippen molar-refractivity contribution >= 4 is 40.0 Å². The molecular weight excluding hydrogens is 429 g/mol.